The number of nitrogens with one attached hydrogen (secondary N) is 1. The Labute approximate surface area is 217 Å². The van der Waals surface area contributed by atoms with E-state index in [0.29, 0.717) is 42.7 Å². The fraction of sp³-hybridized carbons (Fsp3) is 0.296. The SMILES string of the molecule is COc1ccc(F)cc1C(=O)NCc1ccc(-c2nc(C3CCC(C(=O)O)CC3)n3ncnc(N)c23)cc1. The molecule has 1 aliphatic carbocycles. The van der Waals surface area contributed by atoms with Crippen molar-refractivity contribution < 1.29 is 23.8 Å². The number of halogens is 1. The molecule has 1 aliphatic rings. The molecular weight excluding hydrogens is 491 g/mol. The Hall–Kier alpha value is -4.54. The van der Waals surface area contributed by atoms with Crippen molar-refractivity contribution >= 4 is 23.2 Å². The van der Waals surface area contributed by atoms with E-state index in [4.69, 9.17) is 15.5 Å². The van der Waals surface area contributed by atoms with Crippen molar-refractivity contribution in [1.29, 1.82) is 0 Å². The maximum Gasteiger partial charge on any atom is 0.306 e. The Kier molecular flexibility index (Phi) is 6.91. The van der Waals surface area contributed by atoms with E-state index in [1.165, 1.54) is 25.6 Å². The number of benzene rings is 2. The number of hydrogen-bond acceptors (Lipinski definition) is 7. The number of hydrogen-bond donors (Lipinski definition) is 3. The Balaban J connectivity index is 1.36. The van der Waals surface area contributed by atoms with Crippen LogP contribution >= 0.6 is 0 Å². The Bertz CT molecular complexity index is 1500. The fourth-order valence-corrected chi connectivity index (χ4v) is 4.96. The molecule has 5 rings (SSSR count). The number of anilines is 1. The standard InChI is InChI=1S/C27H27FN6O4/c1-38-21-11-10-19(28)12-20(21)26(35)30-13-15-2-4-16(5-3-15)22-23-24(29)31-14-32-34(23)25(33-22)17-6-8-18(9-7-17)27(36)37/h2-5,10-12,14,17-18H,6-9,13H2,1H3,(H,30,35)(H,36,37)(H2,29,31,32). The molecule has 2 aromatic carbocycles. The van der Waals surface area contributed by atoms with Crippen molar-refractivity contribution in [3.05, 3.63) is 71.6 Å². The molecule has 0 aliphatic heterocycles. The predicted molar refractivity (Wildman–Crippen MR) is 137 cm³/mol. The largest absolute Gasteiger partial charge is 0.496 e. The van der Waals surface area contributed by atoms with E-state index in [9.17, 15) is 19.1 Å². The monoisotopic (exact) mass is 518 g/mol. The minimum atomic E-state index is -0.755. The first-order chi connectivity index (χ1) is 18.4. The van der Waals surface area contributed by atoms with Crippen molar-refractivity contribution in [2.45, 2.75) is 38.1 Å². The van der Waals surface area contributed by atoms with Gasteiger partial charge in [-0.05, 0) is 49.4 Å². The van der Waals surface area contributed by atoms with Gasteiger partial charge in [0.1, 0.15) is 34.9 Å². The van der Waals surface area contributed by atoms with Crippen LogP contribution in [0, 0.1) is 11.7 Å². The molecule has 0 saturated heterocycles. The van der Waals surface area contributed by atoms with Gasteiger partial charge in [0.25, 0.3) is 5.91 Å². The number of carboxylic acids is 1. The molecule has 1 amide bonds. The van der Waals surface area contributed by atoms with Crippen LogP contribution in [0.4, 0.5) is 10.2 Å². The Morgan fingerprint density at radius 3 is 2.58 bits per heavy atom. The summed E-state index contributed by atoms with van der Waals surface area (Å²) >= 11 is 0. The number of aromatic nitrogens is 4. The van der Waals surface area contributed by atoms with Crippen molar-refractivity contribution in [2.24, 2.45) is 5.92 Å². The number of nitrogen functional groups attached to an aromatic ring is 1. The minimum Gasteiger partial charge on any atom is -0.496 e. The van der Waals surface area contributed by atoms with E-state index in [2.05, 4.69) is 15.4 Å². The lowest BCUT2D eigenvalue weighted by molar-refractivity contribution is -0.142. The zero-order valence-corrected chi connectivity index (χ0v) is 20.7. The number of nitrogens with two attached hydrogens (primary N) is 1. The van der Waals surface area contributed by atoms with Crippen LogP contribution < -0.4 is 15.8 Å². The van der Waals surface area contributed by atoms with Gasteiger partial charge in [-0.25, -0.2) is 18.9 Å². The van der Waals surface area contributed by atoms with Crippen molar-refractivity contribution in [1.82, 2.24) is 24.9 Å². The van der Waals surface area contributed by atoms with Crippen LogP contribution in [0.25, 0.3) is 16.8 Å². The maximum absolute atomic E-state index is 13.6. The summed E-state index contributed by atoms with van der Waals surface area (Å²) in [5.41, 5.74) is 9.21. The van der Waals surface area contributed by atoms with Gasteiger partial charge in [-0.15, -0.1) is 0 Å². The summed E-state index contributed by atoms with van der Waals surface area (Å²) in [6.45, 7) is 0.228. The van der Waals surface area contributed by atoms with Crippen molar-refractivity contribution in [3.8, 4) is 17.0 Å². The molecule has 4 N–H and O–H groups in total. The second-order valence-electron chi connectivity index (χ2n) is 9.34. The van der Waals surface area contributed by atoms with Gasteiger partial charge in [0.05, 0.1) is 18.6 Å². The van der Waals surface area contributed by atoms with Crippen LogP contribution in [0.1, 0.15) is 53.3 Å². The second-order valence-corrected chi connectivity index (χ2v) is 9.34. The van der Waals surface area contributed by atoms with E-state index in [-0.39, 0.29) is 29.7 Å². The summed E-state index contributed by atoms with van der Waals surface area (Å²) in [7, 11) is 1.42. The summed E-state index contributed by atoms with van der Waals surface area (Å²) in [6.07, 6.45) is 3.97. The number of fused-ring (bicyclic) bond motifs is 1. The highest BCUT2D eigenvalue weighted by atomic mass is 19.1. The molecule has 0 bridgehead atoms. The highest BCUT2D eigenvalue weighted by Crippen LogP contribution is 2.38. The van der Waals surface area contributed by atoms with Gasteiger partial charge in [0.2, 0.25) is 0 Å². The smallest absolute Gasteiger partial charge is 0.306 e. The van der Waals surface area contributed by atoms with Gasteiger partial charge in [0, 0.05) is 18.0 Å². The molecule has 11 heteroatoms. The number of ether oxygens (including phenoxy) is 1. The molecule has 0 unspecified atom stereocenters. The lowest BCUT2D eigenvalue weighted by Crippen LogP contribution is -2.23. The van der Waals surface area contributed by atoms with Crippen LogP contribution in [0.5, 0.6) is 5.75 Å². The van der Waals surface area contributed by atoms with Crippen LogP contribution in [-0.2, 0) is 11.3 Å². The van der Waals surface area contributed by atoms with Gasteiger partial charge in [-0.1, -0.05) is 24.3 Å². The molecular formula is C27H27FN6O4. The van der Waals surface area contributed by atoms with E-state index >= 15 is 0 Å². The minimum absolute atomic E-state index is 0.0652. The zero-order chi connectivity index (χ0) is 26.8. The highest BCUT2D eigenvalue weighted by Gasteiger charge is 2.30. The van der Waals surface area contributed by atoms with E-state index < -0.39 is 17.7 Å². The predicted octanol–water partition coefficient (Wildman–Crippen LogP) is 3.81. The van der Waals surface area contributed by atoms with Crippen LogP contribution in [-0.4, -0.2) is 43.7 Å². The second kappa shape index (κ2) is 10.4. The van der Waals surface area contributed by atoms with Crippen LogP contribution in [0.3, 0.4) is 0 Å². The highest BCUT2D eigenvalue weighted by molar-refractivity contribution is 5.97. The van der Waals surface area contributed by atoms with Gasteiger partial charge in [0.15, 0.2) is 5.82 Å². The third-order valence-corrected chi connectivity index (χ3v) is 7.01. The third-order valence-electron chi connectivity index (χ3n) is 7.01. The van der Waals surface area contributed by atoms with E-state index in [1.54, 1.807) is 4.52 Å². The molecule has 0 spiro atoms. The lowest BCUT2D eigenvalue weighted by Gasteiger charge is -2.24. The number of imidazole rings is 1. The summed E-state index contributed by atoms with van der Waals surface area (Å²) in [5, 5.41) is 16.5. The normalized spacial score (nSPS) is 17.3. The summed E-state index contributed by atoms with van der Waals surface area (Å²) < 4.78 is 20.5. The number of carbonyl (C=O) groups excluding carboxylic acids is 1. The Morgan fingerprint density at radius 2 is 1.89 bits per heavy atom. The number of carboxylic acid groups (broad SMARTS) is 1. The number of aliphatic carboxylic acids is 1. The number of carbonyl (C=O) groups is 2. The molecule has 1 fully saturated rings. The first-order valence-corrected chi connectivity index (χ1v) is 12.3. The summed E-state index contributed by atoms with van der Waals surface area (Å²) in [6, 6.07) is 11.3. The number of nitrogens with zero attached hydrogens (tertiary/aromatic N) is 4. The number of rotatable bonds is 7. The third kappa shape index (κ3) is 4.86. The van der Waals surface area contributed by atoms with Gasteiger partial charge >= 0.3 is 5.97 Å². The topological polar surface area (TPSA) is 145 Å². The van der Waals surface area contributed by atoms with Gasteiger partial charge in [-0.3, -0.25) is 9.59 Å². The molecule has 2 heterocycles. The van der Waals surface area contributed by atoms with Crippen LogP contribution in [0.15, 0.2) is 48.8 Å². The molecule has 196 valence electrons. The van der Waals surface area contributed by atoms with Crippen molar-refractivity contribution in [2.75, 3.05) is 12.8 Å². The van der Waals surface area contributed by atoms with Gasteiger partial charge < -0.3 is 20.9 Å². The quantitative estimate of drug-likeness (QED) is 0.335. The first-order valence-electron chi connectivity index (χ1n) is 12.3. The fourth-order valence-electron chi connectivity index (χ4n) is 4.96. The van der Waals surface area contributed by atoms with Gasteiger partial charge in [-0.2, -0.15) is 5.10 Å². The molecule has 38 heavy (non-hydrogen) atoms. The number of amides is 1. The maximum atomic E-state index is 13.6. The molecule has 2 aromatic heterocycles. The Morgan fingerprint density at radius 1 is 1.16 bits per heavy atom. The number of methoxy groups -OCH3 is 1. The van der Waals surface area contributed by atoms with E-state index in [0.717, 1.165) is 23.0 Å². The molecule has 4 aromatic rings. The zero-order valence-electron chi connectivity index (χ0n) is 20.7. The average Bonchev–Trinajstić information content (AvgIpc) is 3.33. The molecule has 0 atom stereocenters. The summed E-state index contributed by atoms with van der Waals surface area (Å²) in [4.78, 5) is 33.0. The molecule has 10 nitrogen and oxygen atoms in total. The molecule has 1 saturated carbocycles. The average molecular weight is 519 g/mol. The van der Waals surface area contributed by atoms with E-state index in [1.807, 2.05) is 24.3 Å². The first kappa shape index (κ1) is 25.1. The van der Waals surface area contributed by atoms with Crippen molar-refractivity contribution in [3.63, 3.8) is 0 Å². The summed E-state index contributed by atoms with van der Waals surface area (Å²) in [5.74, 6) is -0.653. The van der Waals surface area contributed by atoms with Crippen LogP contribution in [0.2, 0.25) is 0 Å². The lowest BCUT2D eigenvalue weighted by atomic mass is 9.82. The molecule has 0 radical (unpaired) electrons.